The summed E-state index contributed by atoms with van der Waals surface area (Å²) in [7, 11) is 0. The van der Waals surface area contributed by atoms with Crippen molar-refractivity contribution in [3.05, 3.63) is 23.3 Å². The van der Waals surface area contributed by atoms with Crippen molar-refractivity contribution in [2.45, 2.75) is 33.8 Å². The minimum absolute atomic E-state index is 0.170. The molecule has 72 valence electrons. The molecule has 1 aromatic carbocycles. The highest BCUT2D eigenvalue weighted by Gasteiger charge is 2.05. The molecule has 0 saturated heterocycles. The van der Waals surface area contributed by atoms with Crippen LogP contribution in [0.4, 0.5) is 5.69 Å². The molecule has 1 aromatic rings. The summed E-state index contributed by atoms with van der Waals surface area (Å²) >= 11 is 0. The number of rotatable bonds is 2. The van der Waals surface area contributed by atoms with E-state index in [1.54, 1.807) is 0 Å². The van der Waals surface area contributed by atoms with E-state index in [1.165, 1.54) is 5.56 Å². The van der Waals surface area contributed by atoms with Gasteiger partial charge in [-0.15, -0.1) is 0 Å². The van der Waals surface area contributed by atoms with Crippen LogP contribution < -0.4 is 10.5 Å². The number of hydrogen-bond donors (Lipinski definition) is 1. The van der Waals surface area contributed by atoms with Crippen LogP contribution in [0.5, 0.6) is 5.75 Å². The number of anilines is 1. The Morgan fingerprint density at radius 3 is 2.38 bits per heavy atom. The zero-order chi connectivity index (χ0) is 10.0. The molecule has 0 saturated carbocycles. The molecule has 2 N–H and O–H groups in total. The van der Waals surface area contributed by atoms with E-state index < -0.39 is 0 Å². The number of ether oxygens (including phenoxy) is 1. The number of hydrogen-bond acceptors (Lipinski definition) is 2. The van der Waals surface area contributed by atoms with E-state index in [9.17, 15) is 0 Å². The van der Waals surface area contributed by atoms with E-state index in [1.807, 2.05) is 33.8 Å². The third-order valence-electron chi connectivity index (χ3n) is 1.86. The molecule has 0 spiro atoms. The van der Waals surface area contributed by atoms with Gasteiger partial charge >= 0.3 is 0 Å². The zero-order valence-electron chi connectivity index (χ0n) is 8.72. The average Bonchev–Trinajstić information content (AvgIpc) is 1.98. The van der Waals surface area contributed by atoms with Gasteiger partial charge in [0, 0.05) is 0 Å². The minimum atomic E-state index is 0.170. The van der Waals surface area contributed by atoms with Crippen molar-refractivity contribution < 1.29 is 4.74 Å². The van der Waals surface area contributed by atoms with Crippen LogP contribution in [0.1, 0.15) is 25.0 Å². The Bertz CT molecular complexity index is 305. The summed E-state index contributed by atoms with van der Waals surface area (Å²) in [5, 5.41) is 0. The molecule has 13 heavy (non-hydrogen) atoms. The van der Waals surface area contributed by atoms with Gasteiger partial charge in [-0.3, -0.25) is 0 Å². The Morgan fingerprint density at radius 2 is 1.85 bits per heavy atom. The molecule has 0 atom stereocenters. The maximum atomic E-state index is 5.87. The monoisotopic (exact) mass is 179 g/mol. The van der Waals surface area contributed by atoms with Gasteiger partial charge in [0.05, 0.1) is 11.8 Å². The molecule has 0 unspecified atom stereocenters. The van der Waals surface area contributed by atoms with Crippen molar-refractivity contribution in [2.75, 3.05) is 5.73 Å². The summed E-state index contributed by atoms with van der Waals surface area (Å²) < 4.78 is 5.58. The average molecular weight is 179 g/mol. The fourth-order valence-corrected chi connectivity index (χ4v) is 1.29. The summed E-state index contributed by atoms with van der Waals surface area (Å²) in [6.45, 7) is 8.03. The molecule has 1 rings (SSSR count). The van der Waals surface area contributed by atoms with Crippen LogP contribution in [0.2, 0.25) is 0 Å². The first kappa shape index (κ1) is 9.90. The van der Waals surface area contributed by atoms with Crippen molar-refractivity contribution in [1.82, 2.24) is 0 Å². The van der Waals surface area contributed by atoms with Crippen molar-refractivity contribution in [3.8, 4) is 5.75 Å². The molecule has 0 amide bonds. The molecule has 2 heteroatoms. The Morgan fingerprint density at radius 1 is 1.23 bits per heavy atom. The van der Waals surface area contributed by atoms with Crippen LogP contribution in [0.25, 0.3) is 0 Å². The van der Waals surface area contributed by atoms with E-state index >= 15 is 0 Å². The summed E-state index contributed by atoms with van der Waals surface area (Å²) in [6, 6.07) is 4.03. The Labute approximate surface area is 79.7 Å². The molecular formula is C11H17NO. The highest BCUT2D eigenvalue weighted by molar-refractivity contribution is 5.59. The molecule has 0 aliphatic carbocycles. The molecular weight excluding hydrogens is 162 g/mol. The fourth-order valence-electron chi connectivity index (χ4n) is 1.29. The van der Waals surface area contributed by atoms with Gasteiger partial charge in [-0.25, -0.2) is 0 Å². The van der Waals surface area contributed by atoms with Gasteiger partial charge in [-0.05, 0) is 44.9 Å². The Hall–Kier alpha value is -1.18. The minimum Gasteiger partial charge on any atom is -0.489 e. The van der Waals surface area contributed by atoms with Crippen molar-refractivity contribution >= 4 is 5.69 Å². The van der Waals surface area contributed by atoms with Crippen LogP contribution in [-0.4, -0.2) is 6.10 Å². The van der Waals surface area contributed by atoms with Gasteiger partial charge in [0.25, 0.3) is 0 Å². The third kappa shape index (κ3) is 2.38. The van der Waals surface area contributed by atoms with Crippen molar-refractivity contribution in [1.29, 1.82) is 0 Å². The second-order valence-electron chi connectivity index (χ2n) is 3.66. The number of nitrogens with two attached hydrogens (primary N) is 1. The van der Waals surface area contributed by atoms with Gasteiger partial charge in [0.2, 0.25) is 0 Å². The molecule has 0 fully saturated rings. The van der Waals surface area contributed by atoms with Crippen molar-refractivity contribution in [3.63, 3.8) is 0 Å². The number of nitrogen functional groups attached to an aromatic ring is 1. The summed E-state index contributed by atoms with van der Waals surface area (Å²) in [6.07, 6.45) is 0.170. The lowest BCUT2D eigenvalue weighted by molar-refractivity contribution is 0.243. The molecule has 0 bridgehead atoms. The van der Waals surface area contributed by atoms with E-state index in [2.05, 4.69) is 6.07 Å². The second kappa shape index (κ2) is 3.69. The first-order valence-electron chi connectivity index (χ1n) is 4.54. The smallest absolute Gasteiger partial charge is 0.143 e. The van der Waals surface area contributed by atoms with E-state index in [0.29, 0.717) is 0 Å². The lowest BCUT2D eigenvalue weighted by atomic mass is 10.1. The predicted octanol–water partition coefficient (Wildman–Crippen LogP) is 2.67. The highest BCUT2D eigenvalue weighted by Crippen LogP contribution is 2.27. The topological polar surface area (TPSA) is 35.2 Å². The standard InChI is InChI=1S/C11H17NO/c1-7(2)13-10-6-8(3)5-9(4)11(10)12/h5-7H,12H2,1-4H3. The summed E-state index contributed by atoms with van der Waals surface area (Å²) in [4.78, 5) is 0. The van der Waals surface area contributed by atoms with E-state index in [0.717, 1.165) is 17.0 Å². The maximum absolute atomic E-state index is 5.87. The van der Waals surface area contributed by atoms with Crippen LogP contribution >= 0.6 is 0 Å². The van der Waals surface area contributed by atoms with Gasteiger partial charge in [0.1, 0.15) is 5.75 Å². The van der Waals surface area contributed by atoms with Gasteiger partial charge in [-0.1, -0.05) is 6.07 Å². The highest BCUT2D eigenvalue weighted by atomic mass is 16.5. The molecule has 2 nitrogen and oxygen atoms in total. The third-order valence-corrected chi connectivity index (χ3v) is 1.86. The SMILES string of the molecule is Cc1cc(C)c(N)c(OC(C)C)c1. The Balaban J connectivity index is 3.05. The molecule has 0 aliphatic heterocycles. The van der Waals surface area contributed by atoms with Gasteiger partial charge in [0.15, 0.2) is 0 Å². The van der Waals surface area contributed by atoms with E-state index in [4.69, 9.17) is 10.5 Å². The Kier molecular flexibility index (Phi) is 2.81. The van der Waals surface area contributed by atoms with Crippen LogP contribution in [0, 0.1) is 13.8 Å². The summed E-state index contributed by atoms with van der Waals surface area (Å²) in [5.41, 5.74) is 8.89. The van der Waals surface area contributed by atoms with Crippen LogP contribution in [-0.2, 0) is 0 Å². The van der Waals surface area contributed by atoms with Crippen LogP contribution in [0.15, 0.2) is 12.1 Å². The van der Waals surface area contributed by atoms with Gasteiger partial charge in [-0.2, -0.15) is 0 Å². The lowest BCUT2D eigenvalue weighted by Crippen LogP contribution is -2.08. The number of aryl methyl sites for hydroxylation is 2. The largest absolute Gasteiger partial charge is 0.489 e. The second-order valence-corrected chi connectivity index (χ2v) is 3.66. The fraction of sp³-hybridized carbons (Fsp3) is 0.455. The zero-order valence-corrected chi connectivity index (χ0v) is 8.72. The number of benzene rings is 1. The lowest BCUT2D eigenvalue weighted by Gasteiger charge is -2.14. The molecule has 0 heterocycles. The predicted molar refractivity (Wildman–Crippen MR) is 56.1 cm³/mol. The first-order valence-corrected chi connectivity index (χ1v) is 4.54. The first-order chi connectivity index (χ1) is 6.00. The molecule has 0 aromatic heterocycles. The molecule has 0 radical (unpaired) electrons. The maximum Gasteiger partial charge on any atom is 0.143 e. The van der Waals surface area contributed by atoms with Gasteiger partial charge < -0.3 is 10.5 Å². The normalized spacial score (nSPS) is 10.5. The quantitative estimate of drug-likeness (QED) is 0.708. The van der Waals surface area contributed by atoms with E-state index in [-0.39, 0.29) is 6.10 Å². The molecule has 0 aliphatic rings. The van der Waals surface area contributed by atoms with Crippen molar-refractivity contribution in [2.24, 2.45) is 0 Å². The summed E-state index contributed by atoms with van der Waals surface area (Å²) in [5.74, 6) is 0.799. The van der Waals surface area contributed by atoms with Crippen LogP contribution in [0.3, 0.4) is 0 Å².